The first-order chi connectivity index (χ1) is 5.79. The normalized spacial score (nSPS) is 14.9. The third-order valence-electron chi connectivity index (χ3n) is 1.77. The van der Waals surface area contributed by atoms with E-state index in [2.05, 4.69) is 6.08 Å². The van der Waals surface area contributed by atoms with Crippen molar-refractivity contribution in [3.63, 3.8) is 0 Å². The Bertz CT molecular complexity index is 380. The molecule has 0 aliphatic heterocycles. The van der Waals surface area contributed by atoms with Crippen LogP contribution in [0.5, 0.6) is 0 Å². The topological polar surface area (TPSA) is 13.1 Å². The zero-order chi connectivity index (χ0) is 8.97. The van der Waals surface area contributed by atoms with Crippen LogP contribution in [0.25, 0.3) is 12.2 Å². The molecule has 0 unspecified atom stereocenters. The van der Waals surface area contributed by atoms with Crippen LogP contribution >= 0.6 is 0 Å². The fourth-order valence-electron chi connectivity index (χ4n) is 1.10. The molecule has 64 valence electrons. The van der Waals surface area contributed by atoms with Gasteiger partial charge in [0.2, 0.25) is 0 Å². The molecule has 1 rings (SSSR count). The predicted octanol–water partition coefficient (Wildman–Crippen LogP) is 1.75. The number of hydrogen-bond donors (Lipinski definition) is 0. The number of hydrogen-bond acceptors (Lipinski definition) is 1. The van der Waals surface area contributed by atoms with E-state index in [-0.39, 0.29) is 0 Å². The smallest absolute Gasteiger partial charge is 0.129 e. The van der Waals surface area contributed by atoms with E-state index >= 15 is 0 Å². The molecule has 0 saturated heterocycles. The average Bonchev–Trinajstić information content (AvgIpc) is 2.43. The molecule has 0 aromatic carbocycles. The average molecular weight is 162 g/mol. The van der Waals surface area contributed by atoms with Crippen LogP contribution in [0.3, 0.4) is 0 Å². The van der Waals surface area contributed by atoms with E-state index in [1.165, 1.54) is 10.8 Å². The van der Waals surface area contributed by atoms with Crippen molar-refractivity contribution in [2.75, 3.05) is 0 Å². The third kappa shape index (κ3) is 1.67. The Balaban J connectivity index is 3.39. The summed E-state index contributed by atoms with van der Waals surface area (Å²) in [6.07, 6.45) is 9.85. The fraction of sp³-hybridized carbons (Fsp3) is 0.273. The summed E-state index contributed by atoms with van der Waals surface area (Å²) in [6.45, 7) is 6.03. The van der Waals surface area contributed by atoms with Gasteiger partial charge in [0.25, 0.3) is 0 Å². The quantitative estimate of drug-likeness (QED) is 0.613. The maximum atomic E-state index is 5.32. The number of rotatable bonds is 1. The molecule has 1 nitrogen and oxygen atoms in total. The number of allylic oxidation sites excluding steroid dienone is 2. The third-order valence-corrected chi connectivity index (χ3v) is 1.77. The first kappa shape index (κ1) is 8.85. The van der Waals surface area contributed by atoms with Gasteiger partial charge in [-0.15, -0.1) is 0 Å². The van der Waals surface area contributed by atoms with Gasteiger partial charge < -0.3 is 4.42 Å². The van der Waals surface area contributed by atoms with Crippen LogP contribution in [0.15, 0.2) is 22.8 Å². The van der Waals surface area contributed by atoms with Gasteiger partial charge in [0, 0.05) is 5.22 Å². The second-order valence-electron chi connectivity index (χ2n) is 2.68. The van der Waals surface area contributed by atoms with Gasteiger partial charge >= 0.3 is 0 Å². The first-order valence-corrected chi connectivity index (χ1v) is 4.13. The lowest BCUT2D eigenvalue weighted by Crippen LogP contribution is -2.20. The van der Waals surface area contributed by atoms with Crippen LogP contribution in [0, 0.1) is 6.92 Å². The Morgan fingerprint density at radius 3 is 2.67 bits per heavy atom. The van der Waals surface area contributed by atoms with Crippen molar-refractivity contribution in [2.24, 2.45) is 0 Å². The predicted molar refractivity (Wildman–Crippen MR) is 52.1 cm³/mol. The van der Waals surface area contributed by atoms with Crippen molar-refractivity contribution in [2.45, 2.75) is 20.8 Å². The van der Waals surface area contributed by atoms with Crippen molar-refractivity contribution in [3.05, 3.63) is 34.6 Å². The standard InChI is InChI=1S/C11H14O/c1-4-6-7-10-9(3)8-12-11(10)5-2/h4-8H,1-3H3/b6-4-,10-7-,11-5+. The summed E-state index contributed by atoms with van der Waals surface area (Å²) in [5.74, 6) is 0. The molecule has 1 heteroatoms. The molecule has 0 radical (unpaired) electrons. The maximum Gasteiger partial charge on any atom is 0.129 e. The number of furan rings is 1. The Kier molecular flexibility index (Phi) is 2.92. The summed E-state index contributed by atoms with van der Waals surface area (Å²) in [7, 11) is 0. The lowest BCUT2D eigenvalue weighted by Gasteiger charge is -1.78. The summed E-state index contributed by atoms with van der Waals surface area (Å²) in [4.78, 5) is 0. The highest BCUT2D eigenvalue weighted by atomic mass is 16.3. The van der Waals surface area contributed by atoms with E-state index in [0.29, 0.717) is 0 Å². The molecule has 0 aliphatic carbocycles. The Morgan fingerprint density at radius 2 is 2.08 bits per heavy atom. The van der Waals surface area contributed by atoms with Crippen LogP contribution in [0.1, 0.15) is 19.4 Å². The molecule has 1 heterocycles. The minimum Gasteiger partial charge on any atom is -0.464 e. The number of aryl methyl sites for hydroxylation is 1. The Morgan fingerprint density at radius 1 is 1.33 bits per heavy atom. The monoisotopic (exact) mass is 162 g/mol. The SMILES string of the molecule is C\C=C/C=c1/c(C)co/c1=C/C. The van der Waals surface area contributed by atoms with Gasteiger partial charge in [-0.25, -0.2) is 0 Å². The molecule has 12 heavy (non-hydrogen) atoms. The van der Waals surface area contributed by atoms with Gasteiger partial charge in [0.1, 0.15) is 5.42 Å². The first-order valence-electron chi connectivity index (χ1n) is 4.13. The van der Waals surface area contributed by atoms with Gasteiger partial charge in [-0.2, -0.15) is 0 Å². The van der Waals surface area contributed by atoms with E-state index in [1.54, 1.807) is 6.26 Å². The molecule has 0 bridgehead atoms. The van der Waals surface area contributed by atoms with Crippen molar-refractivity contribution in [3.8, 4) is 0 Å². The molecule has 0 spiro atoms. The van der Waals surface area contributed by atoms with E-state index < -0.39 is 0 Å². The molecule has 0 fully saturated rings. The molecule has 1 aromatic rings. The van der Waals surface area contributed by atoms with E-state index in [4.69, 9.17) is 4.42 Å². The Labute approximate surface area is 72.7 Å². The summed E-state index contributed by atoms with van der Waals surface area (Å²) >= 11 is 0. The molecule has 0 amide bonds. The van der Waals surface area contributed by atoms with Crippen molar-refractivity contribution in [1.29, 1.82) is 0 Å². The molecule has 0 N–H and O–H groups in total. The van der Waals surface area contributed by atoms with Gasteiger partial charge in [0.05, 0.1) is 6.26 Å². The highest BCUT2D eigenvalue weighted by Crippen LogP contribution is 1.84. The molecule has 1 aromatic heterocycles. The van der Waals surface area contributed by atoms with Crippen LogP contribution in [0.4, 0.5) is 0 Å². The van der Waals surface area contributed by atoms with Crippen LogP contribution in [-0.2, 0) is 0 Å². The lowest BCUT2D eigenvalue weighted by atomic mass is 10.2. The highest BCUT2D eigenvalue weighted by Gasteiger charge is 1.91. The van der Waals surface area contributed by atoms with Crippen molar-refractivity contribution < 1.29 is 4.42 Å². The summed E-state index contributed by atoms with van der Waals surface area (Å²) in [5.41, 5.74) is 2.13. The second kappa shape index (κ2) is 3.96. The van der Waals surface area contributed by atoms with Gasteiger partial charge in [0.15, 0.2) is 0 Å². The van der Waals surface area contributed by atoms with E-state index in [1.807, 2.05) is 39.0 Å². The molecule has 0 saturated carbocycles. The lowest BCUT2D eigenvalue weighted by molar-refractivity contribution is 0.529. The van der Waals surface area contributed by atoms with Crippen molar-refractivity contribution in [1.82, 2.24) is 0 Å². The van der Waals surface area contributed by atoms with Crippen LogP contribution < -0.4 is 10.6 Å². The zero-order valence-electron chi connectivity index (χ0n) is 7.79. The second-order valence-corrected chi connectivity index (χ2v) is 2.68. The van der Waals surface area contributed by atoms with Crippen molar-refractivity contribution >= 4 is 12.2 Å². The molecule has 0 aliphatic rings. The fourth-order valence-corrected chi connectivity index (χ4v) is 1.10. The highest BCUT2D eigenvalue weighted by molar-refractivity contribution is 5.39. The van der Waals surface area contributed by atoms with E-state index in [9.17, 15) is 0 Å². The van der Waals surface area contributed by atoms with E-state index in [0.717, 1.165) is 5.42 Å². The summed E-state index contributed by atoms with van der Waals surface area (Å²) < 4.78 is 5.32. The van der Waals surface area contributed by atoms with Gasteiger partial charge in [-0.05, 0) is 32.4 Å². The summed E-state index contributed by atoms with van der Waals surface area (Å²) in [6, 6.07) is 0. The molecular weight excluding hydrogens is 148 g/mol. The molecular formula is C11H14O. The van der Waals surface area contributed by atoms with Gasteiger partial charge in [-0.1, -0.05) is 18.2 Å². The minimum atomic E-state index is 0.950. The maximum absolute atomic E-state index is 5.32. The molecule has 0 atom stereocenters. The largest absolute Gasteiger partial charge is 0.464 e. The Hall–Kier alpha value is -1.24. The zero-order valence-corrected chi connectivity index (χ0v) is 7.79. The van der Waals surface area contributed by atoms with Crippen LogP contribution in [0.2, 0.25) is 0 Å². The summed E-state index contributed by atoms with van der Waals surface area (Å²) in [5, 5.41) is 1.18. The van der Waals surface area contributed by atoms with Crippen LogP contribution in [-0.4, -0.2) is 0 Å². The van der Waals surface area contributed by atoms with Gasteiger partial charge in [-0.3, -0.25) is 0 Å². The minimum absolute atomic E-state index is 0.950.